The van der Waals surface area contributed by atoms with Crippen LogP contribution in [0.3, 0.4) is 0 Å². The summed E-state index contributed by atoms with van der Waals surface area (Å²) in [6.07, 6.45) is 3.62. The molecule has 4 N–H and O–H groups in total. The molecule has 0 radical (unpaired) electrons. The number of imidazole rings is 1. The van der Waals surface area contributed by atoms with E-state index in [0.717, 1.165) is 25.9 Å². The molecule has 0 aliphatic carbocycles. The first-order valence-corrected chi connectivity index (χ1v) is 5.86. The Morgan fingerprint density at radius 2 is 2.41 bits per heavy atom. The largest absolute Gasteiger partial charge is 0.350 e. The van der Waals surface area contributed by atoms with Crippen LogP contribution in [0.1, 0.15) is 30.3 Å². The van der Waals surface area contributed by atoms with Gasteiger partial charge in [-0.3, -0.25) is 4.79 Å². The molecule has 1 amide bonds. The number of hydrogen-bond donors (Lipinski definition) is 4. The van der Waals surface area contributed by atoms with Crippen LogP contribution >= 0.6 is 0 Å². The Labute approximate surface area is 99.2 Å². The van der Waals surface area contributed by atoms with Gasteiger partial charge in [0.2, 0.25) is 0 Å². The molecule has 0 spiro atoms. The quantitative estimate of drug-likeness (QED) is 0.589. The molecule has 0 aromatic carbocycles. The summed E-state index contributed by atoms with van der Waals surface area (Å²) in [5.41, 5.74) is 0.0212. The average molecular weight is 238 g/mol. The van der Waals surface area contributed by atoms with Crippen molar-refractivity contribution in [2.45, 2.75) is 19.8 Å². The molecule has 1 aromatic rings. The zero-order valence-electron chi connectivity index (χ0n) is 9.93. The minimum absolute atomic E-state index is 0.102. The molecule has 17 heavy (non-hydrogen) atoms. The minimum Gasteiger partial charge on any atom is -0.350 e. The van der Waals surface area contributed by atoms with Gasteiger partial charge in [-0.25, -0.2) is 4.79 Å². The second-order valence-corrected chi connectivity index (χ2v) is 4.93. The third-order valence-electron chi connectivity index (χ3n) is 3.20. The molecule has 6 nitrogen and oxygen atoms in total. The Bertz CT molecular complexity index is 442. The number of H-pyrrole nitrogens is 2. The molecule has 94 valence electrons. The topological polar surface area (TPSA) is 89.8 Å². The van der Waals surface area contributed by atoms with E-state index in [0.29, 0.717) is 6.54 Å². The van der Waals surface area contributed by atoms with Crippen molar-refractivity contribution < 1.29 is 4.79 Å². The van der Waals surface area contributed by atoms with Crippen LogP contribution in [0, 0.1) is 5.41 Å². The van der Waals surface area contributed by atoms with E-state index < -0.39 is 0 Å². The van der Waals surface area contributed by atoms with Crippen LogP contribution in [-0.4, -0.2) is 35.5 Å². The van der Waals surface area contributed by atoms with Crippen molar-refractivity contribution in [2.75, 3.05) is 19.6 Å². The number of rotatable bonds is 3. The summed E-state index contributed by atoms with van der Waals surface area (Å²) in [6, 6.07) is 0. The first-order valence-electron chi connectivity index (χ1n) is 5.86. The monoisotopic (exact) mass is 238 g/mol. The molecule has 1 fully saturated rings. The normalized spacial score (nSPS) is 24.5. The second kappa shape index (κ2) is 4.75. The summed E-state index contributed by atoms with van der Waals surface area (Å²) in [6.45, 7) is 4.73. The van der Waals surface area contributed by atoms with Crippen molar-refractivity contribution in [3.05, 3.63) is 22.4 Å². The summed E-state index contributed by atoms with van der Waals surface area (Å²) in [7, 11) is 0. The fourth-order valence-corrected chi connectivity index (χ4v) is 2.11. The predicted octanol–water partition coefficient (Wildman–Crippen LogP) is -0.177. The number of carbonyl (C=O) groups excluding carboxylic acids is 1. The van der Waals surface area contributed by atoms with Crippen molar-refractivity contribution >= 4 is 5.91 Å². The van der Waals surface area contributed by atoms with E-state index in [4.69, 9.17) is 0 Å². The number of aromatic nitrogens is 2. The van der Waals surface area contributed by atoms with Gasteiger partial charge >= 0.3 is 5.69 Å². The third-order valence-corrected chi connectivity index (χ3v) is 3.20. The first-order chi connectivity index (χ1) is 8.09. The minimum atomic E-state index is -0.360. The van der Waals surface area contributed by atoms with Crippen LogP contribution in [-0.2, 0) is 0 Å². The molecule has 1 aliphatic heterocycles. The van der Waals surface area contributed by atoms with Crippen LogP contribution in [0.5, 0.6) is 0 Å². The van der Waals surface area contributed by atoms with Gasteiger partial charge in [0.1, 0.15) is 5.69 Å². The van der Waals surface area contributed by atoms with E-state index in [2.05, 4.69) is 27.5 Å². The van der Waals surface area contributed by atoms with E-state index >= 15 is 0 Å². The van der Waals surface area contributed by atoms with E-state index in [9.17, 15) is 9.59 Å². The highest BCUT2D eigenvalue weighted by Gasteiger charge is 2.27. The van der Waals surface area contributed by atoms with Gasteiger partial charge in [-0.1, -0.05) is 6.92 Å². The van der Waals surface area contributed by atoms with Gasteiger partial charge in [0, 0.05) is 19.3 Å². The Kier molecular flexibility index (Phi) is 3.33. The van der Waals surface area contributed by atoms with Crippen molar-refractivity contribution in [3.63, 3.8) is 0 Å². The highest BCUT2D eigenvalue weighted by atomic mass is 16.2. The Morgan fingerprint density at radius 3 is 3.00 bits per heavy atom. The standard InChI is InChI=1S/C11H18N4O2/c1-11(3-2-4-12-6-11)7-14-9(16)8-5-13-10(17)15-8/h5,12H,2-4,6-7H2,1H3,(H,14,16)(H2,13,15,17). The fraction of sp³-hybridized carbons (Fsp3) is 0.636. The zero-order chi connectivity index (χ0) is 12.3. The van der Waals surface area contributed by atoms with Crippen LogP contribution in [0.25, 0.3) is 0 Å². The highest BCUT2D eigenvalue weighted by Crippen LogP contribution is 2.24. The molecular formula is C11H18N4O2. The first kappa shape index (κ1) is 11.9. The van der Waals surface area contributed by atoms with Crippen LogP contribution in [0.4, 0.5) is 0 Å². The maximum atomic E-state index is 11.7. The van der Waals surface area contributed by atoms with E-state index in [-0.39, 0.29) is 22.7 Å². The Balaban J connectivity index is 1.89. The van der Waals surface area contributed by atoms with Crippen LogP contribution in [0.2, 0.25) is 0 Å². The van der Waals surface area contributed by atoms with Gasteiger partial charge < -0.3 is 20.6 Å². The number of amides is 1. The van der Waals surface area contributed by atoms with Gasteiger partial charge in [0.25, 0.3) is 5.91 Å². The van der Waals surface area contributed by atoms with Gasteiger partial charge in [-0.15, -0.1) is 0 Å². The number of aromatic amines is 2. The maximum absolute atomic E-state index is 11.7. The van der Waals surface area contributed by atoms with Crippen molar-refractivity contribution in [1.82, 2.24) is 20.6 Å². The van der Waals surface area contributed by atoms with Gasteiger partial charge in [0.05, 0.1) is 0 Å². The summed E-state index contributed by atoms with van der Waals surface area (Å²) < 4.78 is 0. The lowest BCUT2D eigenvalue weighted by Gasteiger charge is -2.34. The van der Waals surface area contributed by atoms with E-state index in [1.165, 1.54) is 6.20 Å². The Morgan fingerprint density at radius 1 is 1.59 bits per heavy atom. The second-order valence-electron chi connectivity index (χ2n) is 4.93. The number of piperidine rings is 1. The maximum Gasteiger partial charge on any atom is 0.323 e. The Hall–Kier alpha value is -1.56. The molecule has 1 aliphatic rings. The number of nitrogens with one attached hydrogen (secondary N) is 4. The number of hydrogen-bond acceptors (Lipinski definition) is 3. The van der Waals surface area contributed by atoms with Crippen LogP contribution in [0.15, 0.2) is 11.0 Å². The van der Waals surface area contributed by atoms with Crippen LogP contribution < -0.4 is 16.3 Å². The third kappa shape index (κ3) is 2.97. The smallest absolute Gasteiger partial charge is 0.323 e. The summed E-state index contributed by atoms with van der Waals surface area (Å²) in [5, 5.41) is 6.18. The lowest BCUT2D eigenvalue weighted by molar-refractivity contribution is 0.0920. The summed E-state index contributed by atoms with van der Waals surface area (Å²) in [4.78, 5) is 27.4. The molecule has 2 rings (SSSR count). The molecule has 1 aromatic heterocycles. The SMILES string of the molecule is CC1(CNC(=O)c2c[nH]c(=O)[nH]2)CCCNC1. The van der Waals surface area contributed by atoms with Gasteiger partial charge in [-0.2, -0.15) is 0 Å². The lowest BCUT2D eigenvalue weighted by Crippen LogP contribution is -2.45. The molecular weight excluding hydrogens is 220 g/mol. The van der Waals surface area contributed by atoms with E-state index in [1.54, 1.807) is 0 Å². The van der Waals surface area contributed by atoms with Crippen molar-refractivity contribution in [1.29, 1.82) is 0 Å². The predicted molar refractivity (Wildman–Crippen MR) is 64.0 cm³/mol. The van der Waals surface area contributed by atoms with Crippen molar-refractivity contribution in [3.8, 4) is 0 Å². The molecule has 0 bridgehead atoms. The molecule has 1 unspecified atom stereocenters. The molecule has 1 atom stereocenters. The zero-order valence-corrected chi connectivity index (χ0v) is 9.93. The summed E-state index contributed by atoms with van der Waals surface area (Å²) in [5.74, 6) is -0.241. The molecule has 2 heterocycles. The van der Waals surface area contributed by atoms with E-state index in [1.807, 2.05) is 0 Å². The fourth-order valence-electron chi connectivity index (χ4n) is 2.11. The van der Waals surface area contributed by atoms with Crippen molar-refractivity contribution in [2.24, 2.45) is 5.41 Å². The van der Waals surface area contributed by atoms with Gasteiger partial charge in [-0.05, 0) is 24.8 Å². The lowest BCUT2D eigenvalue weighted by atomic mass is 9.83. The van der Waals surface area contributed by atoms with Gasteiger partial charge in [0.15, 0.2) is 0 Å². The molecule has 0 saturated carbocycles. The molecule has 6 heteroatoms. The number of carbonyl (C=O) groups is 1. The summed E-state index contributed by atoms with van der Waals surface area (Å²) >= 11 is 0. The highest BCUT2D eigenvalue weighted by molar-refractivity contribution is 5.91. The average Bonchev–Trinajstić information content (AvgIpc) is 2.74. The molecule has 1 saturated heterocycles.